The first-order valence-corrected chi connectivity index (χ1v) is 5.24. The van der Waals surface area contributed by atoms with Crippen LogP contribution in [0, 0.1) is 11.6 Å². The van der Waals surface area contributed by atoms with Gasteiger partial charge < -0.3 is 5.32 Å². The number of amides is 1. The van der Waals surface area contributed by atoms with Crippen LogP contribution in [0.2, 0.25) is 0 Å². The van der Waals surface area contributed by atoms with Crippen LogP contribution in [0.15, 0.2) is 18.2 Å². The molecule has 1 aromatic carbocycles. The quantitative estimate of drug-likeness (QED) is 0.821. The Morgan fingerprint density at radius 1 is 1.38 bits per heavy atom. The molecule has 0 saturated carbocycles. The monoisotopic (exact) mass is 225 g/mol. The van der Waals surface area contributed by atoms with Crippen molar-refractivity contribution in [3.8, 4) is 0 Å². The Hall–Kier alpha value is -1.45. The van der Waals surface area contributed by atoms with Crippen LogP contribution in [-0.2, 0) is 11.2 Å². The first-order valence-electron chi connectivity index (χ1n) is 5.24. The molecule has 1 aliphatic heterocycles. The van der Waals surface area contributed by atoms with Gasteiger partial charge in [-0.2, -0.15) is 0 Å². The Labute approximate surface area is 92.7 Å². The van der Waals surface area contributed by atoms with Crippen LogP contribution >= 0.6 is 0 Å². The fraction of sp³-hybridized carbons (Fsp3) is 0.417. The highest BCUT2D eigenvalue weighted by Crippen LogP contribution is 2.26. The average molecular weight is 225 g/mol. The lowest BCUT2D eigenvalue weighted by molar-refractivity contribution is -0.119. The standard InChI is InChI=1S/C12H13F2NO/c1-12(6-5-11(16)15-12)7-8-9(13)3-2-4-10(8)14/h2-4H,5-7H2,1H3,(H,15,16). The molecule has 2 nitrogen and oxygen atoms in total. The summed E-state index contributed by atoms with van der Waals surface area (Å²) in [6.07, 6.45) is 1.23. The Morgan fingerprint density at radius 3 is 2.50 bits per heavy atom. The molecule has 2 rings (SSSR count). The van der Waals surface area contributed by atoms with Crippen molar-refractivity contribution >= 4 is 5.91 Å². The van der Waals surface area contributed by atoms with Gasteiger partial charge in [0, 0.05) is 23.9 Å². The molecule has 1 atom stereocenters. The second kappa shape index (κ2) is 3.85. The zero-order valence-electron chi connectivity index (χ0n) is 9.02. The molecule has 1 fully saturated rings. The van der Waals surface area contributed by atoms with E-state index in [4.69, 9.17) is 0 Å². The summed E-state index contributed by atoms with van der Waals surface area (Å²) < 4.78 is 26.8. The minimum Gasteiger partial charge on any atom is -0.351 e. The van der Waals surface area contributed by atoms with Gasteiger partial charge >= 0.3 is 0 Å². The third-order valence-corrected chi connectivity index (χ3v) is 2.97. The van der Waals surface area contributed by atoms with Crippen molar-refractivity contribution in [2.75, 3.05) is 0 Å². The van der Waals surface area contributed by atoms with E-state index in [1.807, 2.05) is 6.92 Å². The highest BCUT2D eigenvalue weighted by atomic mass is 19.1. The molecule has 1 aliphatic rings. The number of hydrogen-bond acceptors (Lipinski definition) is 1. The number of halogens is 2. The molecule has 0 radical (unpaired) electrons. The van der Waals surface area contributed by atoms with Crippen LogP contribution in [0.3, 0.4) is 0 Å². The number of hydrogen-bond donors (Lipinski definition) is 1. The molecular weight excluding hydrogens is 212 g/mol. The van der Waals surface area contributed by atoms with Crippen molar-refractivity contribution in [1.82, 2.24) is 5.32 Å². The molecule has 0 bridgehead atoms. The maximum atomic E-state index is 13.4. The SMILES string of the molecule is CC1(Cc2c(F)cccc2F)CCC(=O)N1. The van der Waals surface area contributed by atoms with Gasteiger partial charge in [-0.3, -0.25) is 4.79 Å². The van der Waals surface area contributed by atoms with E-state index in [0.717, 1.165) is 0 Å². The van der Waals surface area contributed by atoms with Crippen molar-refractivity contribution in [3.63, 3.8) is 0 Å². The fourth-order valence-electron chi connectivity index (χ4n) is 2.07. The molecule has 1 amide bonds. The van der Waals surface area contributed by atoms with Crippen LogP contribution in [0.5, 0.6) is 0 Å². The van der Waals surface area contributed by atoms with Crippen LogP contribution in [0.1, 0.15) is 25.3 Å². The van der Waals surface area contributed by atoms with Crippen LogP contribution in [-0.4, -0.2) is 11.4 Å². The first kappa shape index (κ1) is 11.0. The lowest BCUT2D eigenvalue weighted by Gasteiger charge is -2.24. The zero-order chi connectivity index (χ0) is 11.8. The summed E-state index contributed by atoms with van der Waals surface area (Å²) in [5.74, 6) is -1.16. The van der Waals surface area contributed by atoms with Gasteiger partial charge in [-0.15, -0.1) is 0 Å². The number of benzene rings is 1. The highest BCUT2D eigenvalue weighted by Gasteiger charge is 2.34. The molecule has 1 N–H and O–H groups in total. The van der Waals surface area contributed by atoms with E-state index >= 15 is 0 Å². The van der Waals surface area contributed by atoms with Crippen molar-refractivity contribution in [2.45, 2.75) is 31.7 Å². The second-order valence-corrected chi connectivity index (χ2v) is 4.49. The zero-order valence-corrected chi connectivity index (χ0v) is 9.02. The Morgan fingerprint density at radius 2 is 2.00 bits per heavy atom. The molecule has 0 spiro atoms. The van der Waals surface area contributed by atoms with Crippen molar-refractivity contribution in [1.29, 1.82) is 0 Å². The minimum atomic E-state index is -0.553. The van der Waals surface area contributed by atoms with Crippen LogP contribution in [0.25, 0.3) is 0 Å². The van der Waals surface area contributed by atoms with E-state index in [-0.39, 0.29) is 17.9 Å². The van der Waals surface area contributed by atoms with Gasteiger partial charge in [0.2, 0.25) is 5.91 Å². The van der Waals surface area contributed by atoms with Crippen molar-refractivity contribution in [3.05, 3.63) is 35.4 Å². The molecule has 0 aromatic heterocycles. The second-order valence-electron chi connectivity index (χ2n) is 4.49. The highest BCUT2D eigenvalue weighted by molar-refractivity contribution is 5.79. The summed E-state index contributed by atoms with van der Waals surface area (Å²) in [5.41, 5.74) is -0.479. The summed E-state index contributed by atoms with van der Waals surface area (Å²) in [4.78, 5) is 11.1. The predicted molar refractivity (Wildman–Crippen MR) is 55.8 cm³/mol. The summed E-state index contributed by atoms with van der Waals surface area (Å²) >= 11 is 0. The molecule has 1 unspecified atom stereocenters. The van der Waals surface area contributed by atoms with E-state index < -0.39 is 17.2 Å². The van der Waals surface area contributed by atoms with E-state index in [1.54, 1.807) is 0 Å². The van der Waals surface area contributed by atoms with Gasteiger partial charge in [0.1, 0.15) is 11.6 Å². The van der Waals surface area contributed by atoms with Gasteiger partial charge in [-0.05, 0) is 25.5 Å². The normalized spacial score (nSPS) is 24.6. The summed E-state index contributed by atoms with van der Waals surface area (Å²) in [6.45, 7) is 1.81. The minimum absolute atomic E-state index is 0.0483. The smallest absolute Gasteiger partial charge is 0.220 e. The van der Waals surface area contributed by atoms with Gasteiger partial charge in [-0.25, -0.2) is 8.78 Å². The molecule has 1 saturated heterocycles. The van der Waals surface area contributed by atoms with Crippen LogP contribution in [0.4, 0.5) is 8.78 Å². The maximum Gasteiger partial charge on any atom is 0.220 e. The molecule has 4 heteroatoms. The third-order valence-electron chi connectivity index (χ3n) is 2.97. The van der Waals surface area contributed by atoms with Gasteiger partial charge in [0.25, 0.3) is 0 Å². The maximum absolute atomic E-state index is 13.4. The molecular formula is C12H13F2NO. The van der Waals surface area contributed by atoms with E-state index in [1.165, 1.54) is 18.2 Å². The predicted octanol–water partition coefficient (Wildman–Crippen LogP) is 2.18. The number of rotatable bonds is 2. The van der Waals surface area contributed by atoms with Gasteiger partial charge in [0.05, 0.1) is 0 Å². The number of carbonyl (C=O) groups excluding carboxylic acids is 1. The van der Waals surface area contributed by atoms with Gasteiger partial charge in [-0.1, -0.05) is 6.07 Å². The van der Waals surface area contributed by atoms with Crippen molar-refractivity contribution in [2.24, 2.45) is 0 Å². The molecule has 0 aliphatic carbocycles. The number of carbonyl (C=O) groups is 1. The largest absolute Gasteiger partial charge is 0.351 e. The first-order chi connectivity index (χ1) is 7.50. The Balaban J connectivity index is 2.24. The topological polar surface area (TPSA) is 29.1 Å². The number of nitrogens with one attached hydrogen (secondary N) is 1. The average Bonchev–Trinajstić information content (AvgIpc) is 2.53. The third kappa shape index (κ3) is 2.05. The van der Waals surface area contributed by atoms with Gasteiger partial charge in [0.15, 0.2) is 0 Å². The molecule has 1 aromatic rings. The Bertz CT molecular complexity index is 413. The summed E-state index contributed by atoms with van der Waals surface area (Å²) in [7, 11) is 0. The summed E-state index contributed by atoms with van der Waals surface area (Å²) in [5, 5.41) is 2.76. The lowest BCUT2D eigenvalue weighted by atomic mass is 9.91. The summed E-state index contributed by atoms with van der Waals surface area (Å²) in [6, 6.07) is 3.81. The van der Waals surface area contributed by atoms with E-state index in [2.05, 4.69) is 5.32 Å². The van der Waals surface area contributed by atoms with E-state index in [0.29, 0.717) is 12.8 Å². The molecule has 1 heterocycles. The molecule has 16 heavy (non-hydrogen) atoms. The van der Waals surface area contributed by atoms with Crippen LogP contribution < -0.4 is 5.32 Å². The molecule has 86 valence electrons. The fourth-order valence-corrected chi connectivity index (χ4v) is 2.07. The Kier molecular flexibility index (Phi) is 2.66. The van der Waals surface area contributed by atoms with E-state index in [9.17, 15) is 13.6 Å². The van der Waals surface area contributed by atoms with Crippen molar-refractivity contribution < 1.29 is 13.6 Å². The lowest BCUT2D eigenvalue weighted by Crippen LogP contribution is -2.40.